The molecular formula is C14H14F4N2O. The van der Waals surface area contributed by atoms with Crippen LogP contribution in [0.15, 0.2) is 18.2 Å². The van der Waals surface area contributed by atoms with Crippen molar-refractivity contribution in [3.8, 4) is 6.07 Å². The number of benzene rings is 1. The lowest BCUT2D eigenvalue weighted by Crippen LogP contribution is -2.30. The second kappa shape index (κ2) is 6.41. The number of halogens is 4. The Balaban J connectivity index is 2.19. The van der Waals surface area contributed by atoms with Crippen LogP contribution in [0.2, 0.25) is 0 Å². The summed E-state index contributed by atoms with van der Waals surface area (Å²) in [6, 6.07) is 2.95. The molecule has 2 rings (SSSR count). The summed E-state index contributed by atoms with van der Waals surface area (Å²) in [7, 11) is 0. The van der Waals surface area contributed by atoms with Crippen LogP contribution in [0.1, 0.15) is 30.0 Å². The molecule has 0 amide bonds. The minimum atomic E-state index is -4.71. The van der Waals surface area contributed by atoms with E-state index in [-0.39, 0.29) is 18.2 Å². The van der Waals surface area contributed by atoms with Crippen LogP contribution in [-0.2, 0) is 10.9 Å². The highest BCUT2D eigenvalue weighted by Gasteiger charge is 2.36. The van der Waals surface area contributed by atoms with Crippen molar-refractivity contribution in [2.24, 2.45) is 0 Å². The number of nitrogens with one attached hydrogen (secondary N) is 1. The van der Waals surface area contributed by atoms with Crippen molar-refractivity contribution in [3.05, 3.63) is 35.1 Å². The van der Waals surface area contributed by atoms with E-state index in [4.69, 9.17) is 10.00 Å². The summed E-state index contributed by atoms with van der Waals surface area (Å²) in [5.74, 6) is -0.984. The molecule has 1 saturated heterocycles. The number of ether oxygens (including phenoxy) is 1. The number of nitrogens with zero attached hydrogens (tertiary/aromatic N) is 1. The lowest BCUT2D eigenvalue weighted by Gasteiger charge is -2.19. The van der Waals surface area contributed by atoms with Gasteiger partial charge in [0.05, 0.1) is 17.7 Å². The van der Waals surface area contributed by atoms with Gasteiger partial charge in [0, 0.05) is 13.2 Å². The molecule has 1 aliphatic rings. The number of rotatable bonds is 4. The number of hydrogen-bond acceptors (Lipinski definition) is 3. The average molecular weight is 302 g/mol. The van der Waals surface area contributed by atoms with Crippen molar-refractivity contribution < 1.29 is 22.3 Å². The first-order chi connectivity index (χ1) is 9.91. The van der Waals surface area contributed by atoms with E-state index in [2.05, 4.69) is 5.32 Å². The first kappa shape index (κ1) is 15.7. The zero-order chi connectivity index (χ0) is 15.5. The minimum Gasteiger partial charge on any atom is -0.377 e. The van der Waals surface area contributed by atoms with Crippen molar-refractivity contribution in [3.63, 3.8) is 0 Å². The standard InChI is InChI=1S/C14H14F4N2O/c15-9-3-4-11(12(6-9)14(16,17)18)13(7-19)20-8-10-2-1-5-21-10/h3-4,6,10,13,20H,1-2,5,8H2. The molecule has 0 aromatic heterocycles. The lowest BCUT2D eigenvalue weighted by molar-refractivity contribution is -0.138. The number of hydrogen-bond donors (Lipinski definition) is 1. The summed E-state index contributed by atoms with van der Waals surface area (Å²) >= 11 is 0. The maximum absolute atomic E-state index is 13.1. The highest BCUT2D eigenvalue weighted by molar-refractivity contribution is 5.36. The van der Waals surface area contributed by atoms with Gasteiger partial charge < -0.3 is 4.74 Å². The molecule has 1 fully saturated rings. The molecule has 0 radical (unpaired) electrons. The van der Waals surface area contributed by atoms with E-state index in [1.807, 2.05) is 0 Å². The van der Waals surface area contributed by atoms with Crippen LogP contribution in [0.5, 0.6) is 0 Å². The largest absolute Gasteiger partial charge is 0.416 e. The molecule has 2 unspecified atom stereocenters. The Hall–Kier alpha value is -1.65. The zero-order valence-corrected chi connectivity index (χ0v) is 11.1. The van der Waals surface area contributed by atoms with Crippen molar-refractivity contribution in [1.29, 1.82) is 5.26 Å². The summed E-state index contributed by atoms with van der Waals surface area (Å²) < 4.78 is 57.2. The topological polar surface area (TPSA) is 45.0 Å². The molecule has 0 aliphatic carbocycles. The quantitative estimate of drug-likeness (QED) is 0.869. The molecule has 2 atom stereocenters. The minimum absolute atomic E-state index is 0.101. The lowest BCUT2D eigenvalue weighted by atomic mass is 10.00. The molecule has 0 bridgehead atoms. The van der Waals surface area contributed by atoms with Gasteiger partial charge in [-0.1, -0.05) is 6.07 Å². The summed E-state index contributed by atoms with van der Waals surface area (Å²) in [6.45, 7) is 0.904. The number of alkyl halides is 3. The second-order valence-corrected chi connectivity index (χ2v) is 4.83. The Morgan fingerprint density at radius 1 is 1.43 bits per heavy atom. The van der Waals surface area contributed by atoms with Crippen LogP contribution in [0.25, 0.3) is 0 Å². The monoisotopic (exact) mass is 302 g/mol. The molecule has 1 aromatic rings. The van der Waals surface area contributed by atoms with Crippen molar-refractivity contribution >= 4 is 0 Å². The highest BCUT2D eigenvalue weighted by atomic mass is 19.4. The fraction of sp³-hybridized carbons (Fsp3) is 0.500. The molecule has 1 aliphatic heterocycles. The van der Waals surface area contributed by atoms with Crippen LogP contribution in [0, 0.1) is 17.1 Å². The highest BCUT2D eigenvalue weighted by Crippen LogP contribution is 2.35. The van der Waals surface area contributed by atoms with Crippen LogP contribution >= 0.6 is 0 Å². The van der Waals surface area contributed by atoms with Gasteiger partial charge in [0.2, 0.25) is 0 Å². The smallest absolute Gasteiger partial charge is 0.377 e. The molecule has 114 valence electrons. The third-order valence-corrected chi connectivity index (χ3v) is 3.33. The summed E-state index contributed by atoms with van der Waals surface area (Å²) in [5.41, 5.74) is -1.40. The van der Waals surface area contributed by atoms with Gasteiger partial charge >= 0.3 is 6.18 Å². The predicted molar refractivity (Wildman–Crippen MR) is 66.7 cm³/mol. The molecule has 1 N–H and O–H groups in total. The first-order valence-electron chi connectivity index (χ1n) is 6.53. The molecule has 3 nitrogen and oxygen atoms in total. The van der Waals surface area contributed by atoms with Crippen LogP contribution in [0.3, 0.4) is 0 Å². The summed E-state index contributed by atoms with van der Waals surface area (Å²) in [5, 5.41) is 11.8. The van der Waals surface area contributed by atoms with Crippen molar-refractivity contribution in [2.45, 2.75) is 31.2 Å². The predicted octanol–water partition coefficient (Wildman–Crippen LogP) is 3.18. The molecule has 21 heavy (non-hydrogen) atoms. The fourth-order valence-corrected chi connectivity index (χ4v) is 2.31. The van der Waals surface area contributed by atoms with Gasteiger partial charge in [-0.2, -0.15) is 18.4 Å². The van der Waals surface area contributed by atoms with Gasteiger partial charge in [-0.05, 0) is 30.5 Å². The first-order valence-corrected chi connectivity index (χ1v) is 6.53. The van der Waals surface area contributed by atoms with E-state index in [1.54, 1.807) is 6.07 Å². The average Bonchev–Trinajstić information content (AvgIpc) is 2.93. The van der Waals surface area contributed by atoms with Gasteiger partial charge in [-0.15, -0.1) is 0 Å². The van der Waals surface area contributed by atoms with E-state index < -0.39 is 23.6 Å². The van der Waals surface area contributed by atoms with Gasteiger partial charge in [0.25, 0.3) is 0 Å². The van der Waals surface area contributed by atoms with E-state index in [9.17, 15) is 17.6 Å². The third kappa shape index (κ3) is 3.93. The SMILES string of the molecule is N#CC(NCC1CCCO1)c1ccc(F)cc1C(F)(F)F. The van der Waals surface area contributed by atoms with Gasteiger partial charge in [0.1, 0.15) is 11.9 Å². The second-order valence-electron chi connectivity index (χ2n) is 4.83. The Bertz CT molecular complexity index is 533. The maximum atomic E-state index is 13.1. The molecule has 7 heteroatoms. The Labute approximate surface area is 119 Å². The van der Waals surface area contributed by atoms with Gasteiger partial charge in [-0.3, -0.25) is 5.32 Å². The van der Waals surface area contributed by atoms with Crippen LogP contribution in [-0.4, -0.2) is 19.3 Å². The molecule has 1 heterocycles. The van der Waals surface area contributed by atoms with Crippen LogP contribution < -0.4 is 5.32 Å². The van der Waals surface area contributed by atoms with Crippen molar-refractivity contribution in [1.82, 2.24) is 5.32 Å². The summed E-state index contributed by atoms with van der Waals surface area (Å²) in [4.78, 5) is 0. The van der Waals surface area contributed by atoms with Crippen molar-refractivity contribution in [2.75, 3.05) is 13.2 Å². The molecular weight excluding hydrogens is 288 g/mol. The van der Waals surface area contributed by atoms with Gasteiger partial charge in [0.15, 0.2) is 0 Å². The Morgan fingerprint density at radius 2 is 2.19 bits per heavy atom. The molecule has 0 spiro atoms. The number of nitriles is 1. The third-order valence-electron chi connectivity index (χ3n) is 3.33. The van der Waals surface area contributed by atoms with E-state index in [0.717, 1.165) is 25.0 Å². The van der Waals surface area contributed by atoms with Gasteiger partial charge in [-0.25, -0.2) is 4.39 Å². The maximum Gasteiger partial charge on any atom is 0.416 e. The van der Waals surface area contributed by atoms with E-state index >= 15 is 0 Å². The molecule has 0 saturated carbocycles. The fourth-order valence-electron chi connectivity index (χ4n) is 2.31. The Morgan fingerprint density at radius 3 is 2.76 bits per heavy atom. The van der Waals surface area contributed by atoms with Crippen LogP contribution in [0.4, 0.5) is 17.6 Å². The zero-order valence-electron chi connectivity index (χ0n) is 11.1. The summed E-state index contributed by atoms with van der Waals surface area (Å²) in [6.07, 6.45) is -3.11. The van der Waals surface area contributed by atoms with E-state index in [1.165, 1.54) is 0 Å². The normalized spacial score (nSPS) is 20.2. The van der Waals surface area contributed by atoms with E-state index in [0.29, 0.717) is 12.7 Å². The molecule has 1 aromatic carbocycles. The Kier molecular flexibility index (Phi) is 4.80.